The molecular formula is C13H14F3N3OS. The Balaban J connectivity index is 2.82. The first kappa shape index (κ1) is 17.3. The van der Waals surface area contributed by atoms with Crippen LogP contribution in [0, 0.1) is 25.2 Å². The molecule has 1 aromatic heterocycles. The molecule has 1 aromatic rings. The maximum atomic E-state index is 12.1. The van der Waals surface area contributed by atoms with Crippen LogP contribution in [0.3, 0.4) is 0 Å². The zero-order valence-corrected chi connectivity index (χ0v) is 12.5. The van der Waals surface area contributed by atoms with Crippen LogP contribution < -0.4 is 5.32 Å². The van der Waals surface area contributed by atoms with Gasteiger partial charge in [0.1, 0.15) is 17.6 Å². The van der Waals surface area contributed by atoms with Crippen LogP contribution in [0.25, 0.3) is 0 Å². The number of hydrogen-bond acceptors (Lipinski definition) is 4. The topological polar surface area (TPSA) is 65.8 Å². The standard InChI is InChI=1S/C13H14F3N3OS/c1-7-4-8(2)19-12(10(7)5-17)21-9(3)11(20)18-6-13(14,15)16/h4,9H,6H2,1-3H3,(H,18,20). The largest absolute Gasteiger partial charge is 0.405 e. The van der Waals surface area contributed by atoms with Crippen molar-refractivity contribution in [3.8, 4) is 6.07 Å². The fourth-order valence-electron chi connectivity index (χ4n) is 1.58. The van der Waals surface area contributed by atoms with Gasteiger partial charge in [-0.15, -0.1) is 0 Å². The number of nitrogens with one attached hydrogen (secondary N) is 1. The van der Waals surface area contributed by atoms with Gasteiger partial charge < -0.3 is 5.32 Å². The highest BCUT2D eigenvalue weighted by Crippen LogP contribution is 2.27. The molecule has 0 aliphatic heterocycles. The molecule has 1 N–H and O–H groups in total. The number of hydrogen-bond donors (Lipinski definition) is 1. The van der Waals surface area contributed by atoms with Gasteiger partial charge in [0.15, 0.2) is 0 Å². The SMILES string of the molecule is Cc1cc(C)c(C#N)c(SC(C)C(=O)NCC(F)(F)F)n1. The van der Waals surface area contributed by atoms with E-state index in [1.807, 2.05) is 11.4 Å². The highest BCUT2D eigenvalue weighted by Gasteiger charge is 2.29. The molecule has 0 aliphatic rings. The lowest BCUT2D eigenvalue weighted by Gasteiger charge is -2.14. The second-order valence-corrected chi connectivity index (χ2v) is 5.80. The predicted molar refractivity (Wildman–Crippen MR) is 72.8 cm³/mol. The molecular weight excluding hydrogens is 303 g/mol. The third-order valence-electron chi connectivity index (χ3n) is 2.54. The number of halogens is 3. The van der Waals surface area contributed by atoms with Gasteiger partial charge in [0, 0.05) is 5.69 Å². The molecule has 21 heavy (non-hydrogen) atoms. The van der Waals surface area contributed by atoms with Crippen molar-refractivity contribution in [2.45, 2.75) is 37.2 Å². The molecule has 0 fully saturated rings. The summed E-state index contributed by atoms with van der Waals surface area (Å²) in [5, 5.41) is 10.5. The van der Waals surface area contributed by atoms with Crippen LogP contribution in [-0.2, 0) is 4.79 Å². The van der Waals surface area contributed by atoms with E-state index in [-0.39, 0.29) is 0 Å². The number of alkyl halides is 3. The van der Waals surface area contributed by atoms with Crippen molar-refractivity contribution in [2.75, 3.05) is 6.54 Å². The lowest BCUT2D eigenvalue weighted by molar-refractivity contribution is -0.137. The third kappa shape index (κ3) is 5.27. The van der Waals surface area contributed by atoms with Gasteiger partial charge in [-0.05, 0) is 32.4 Å². The summed E-state index contributed by atoms with van der Waals surface area (Å²) >= 11 is 0.969. The summed E-state index contributed by atoms with van der Waals surface area (Å²) in [6.45, 7) is 3.58. The molecule has 4 nitrogen and oxygen atoms in total. The molecule has 0 bridgehead atoms. The lowest BCUT2D eigenvalue weighted by atomic mass is 10.1. The number of carbonyl (C=O) groups is 1. The minimum atomic E-state index is -4.45. The van der Waals surface area contributed by atoms with E-state index in [9.17, 15) is 18.0 Å². The van der Waals surface area contributed by atoms with Crippen LogP contribution in [0.1, 0.15) is 23.7 Å². The fourth-order valence-corrected chi connectivity index (χ4v) is 2.62. The van der Waals surface area contributed by atoms with Gasteiger partial charge in [-0.3, -0.25) is 4.79 Å². The number of thioether (sulfide) groups is 1. The second-order valence-electron chi connectivity index (χ2n) is 4.47. The van der Waals surface area contributed by atoms with Crippen molar-refractivity contribution in [3.05, 3.63) is 22.9 Å². The van der Waals surface area contributed by atoms with Crippen molar-refractivity contribution in [1.29, 1.82) is 5.26 Å². The molecule has 114 valence electrons. The van der Waals surface area contributed by atoms with Gasteiger partial charge in [-0.2, -0.15) is 18.4 Å². The summed E-state index contributed by atoms with van der Waals surface area (Å²) in [6.07, 6.45) is -4.45. The summed E-state index contributed by atoms with van der Waals surface area (Å²) in [5.74, 6) is -0.748. The van der Waals surface area contributed by atoms with Crippen molar-refractivity contribution in [1.82, 2.24) is 10.3 Å². The van der Waals surface area contributed by atoms with E-state index in [0.717, 1.165) is 17.3 Å². The molecule has 0 aliphatic carbocycles. The summed E-state index contributed by atoms with van der Waals surface area (Å²) in [5.41, 5.74) is 1.73. The molecule has 1 atom stereocenters. The van der Waals surface area contributed by atoms with Crippen LogP contribution in [0.4, 0.5) is 13.2 Å². The quantitative estimate of drug-likeness (QED) is 0.867. The van der Waals surface area contributed by atoms with Crippen LogP contribution in [-0.4, -0.2) is 28.9 Å². The number of amides is 1. The minimum absolute atomic E-state index is 0.334. The van der Waals surface area contributed by atoms with E-state index in [0.29, 0.717) is 16.3 Å². The zero-order valence-electron chi connectivity index (χ0n) is 11.7. The molecule has 1 heterocycles. The third-order valence-corrected chi connectivity index (χ3v) is 3.63. The Morgan fingerprint density at radius 3 is 2.67 bits per heavy atom. The van der Waals surface area contributed by atoms with Crippen LogP contribution in [0.15, 0.2) is 11.1 Å². The molecule has 1 rings (SSSR count). The Labute approximate surface area is 124 Å². The molecule has 0 spiro atoms. The predicted octanol–water partition coefficient (Wildman–Crippen LogP) is 2.73. The van der Waals surface area contributed by atoms with Crippen molar-refractivity contribution in [3.63, 3.8) is 0 Å². The van der Waals surface area contributed by atoms with E-state index in [1.54, 1.807) is 19.9 Å². The first-order valence-corrected chi connectivity index (χ1v) is 6.91. The first-order valence-electron chi connectivity index (χ1n) is 6.03. The monoisotopic (exact) mass is 317 g/mol. The summed E-state index contributed by atoms with van der Waals surface area (Å²) in [4.78, 5) is 15.8. The van der Waals surface area contributed by atoms with Crippen LogP contribution in [0.5, 0.6) is 0 Å². The van der Waals surface area contributed by atoms with Gasteiger partial charge in [0.25, 0.3) is 0 Å². The van der Waals surface area contributed by atoms with Gasteiger partial charge in [0.2, 0.25) is 5.91 Å². The number of rotatable bonds is 4. The van der Waals surface area contributed by atoms with E-state index >= 15 is 0 Å². The van der Waals surface area contributed by atoms with E-state index in [2.05, 4.69) is 4.98 Å². The Morgan fingerprint density at radius 2 is 2.14 bits per heavy atom. The normalized spacial score (nSPS) is 12.6. The van der Waals surface area contributed by atoms with Gasteiger partial charge in [-0.1, -0.05) is 11.8 Å². The Kier molecular flexibility index (Phi) is 5.61. The maximum absolute atomic E-state index is 12.1. The molecule has 1 unspecified atom stereocenters. The average molecular weight is 317 g/mol. The van der Waals surface area contributed by atoms with Crippen LogP contribution >= 0.6 is 11.8 Å². The van der Waals surface area contributed by atoms with Gasteiger partial charge >= 0.3 is 6.18 Å². The van der Waals surface area contributed by atoms with Gasteiger partial charge in [-0.25, -0.2) is 4.98 Å². The summed E-state index contributed by atoms with van der Waals surface area (Å²) in [7, 11) is 0. The van der Waals surface area contributed by atoms with Crippen molar-refractivity contribution < 1.29 is 18.0 Å². The number of nitrogens with zero attached hydrogens (tertiary/aromatic N) is 2. The fraction of sp³-hybridized carbons (Fsp3) is 0.462. The maximum Gasteiger partial charge on any atom is 0.405 e. The number of nitriles is 1. The highest BCUT2D eigenvalue weighted by molar-refractivity contribution is 8.00. The van der Waals surface area contributed by atoms with Crippen molar-refractivity contribution >= 4 is 17.7 Å². The Bertz CT molecular complexity index is 581. The van der Waals surface area contributed by atoms with E-state index in [1.165, 1.54) is 6.92 Å². The van der Waals surface area contributed by atoms with Crippen LogP contribution in [0.2, 0.25) is 0 Å². The first-order chi connectivity index (χ1) is 9.64. The second kappa shape index (κ2) is 6.80. The van der Waals surface area contributed by atoms with E-state index < -0.39 is 23.9 Å². The van der Waals surface area contributed by atoms with Gasteiger partial charge in [0.05, 0.1) is 10.8 Å². The average Bonchev–Trinajstić information content (AvgIpc) is 2.34. The Hall–Kier alpha value is -1.75. The number of carbonyl (C=O) groups excluding carboxylic acids is 1. The number of aromatic nitrogens is 1. The molecule has 0 radical (unpaired) electrons. The van der Waals surface area contributed by atoms with E-state index in [4.69, 9.17) is 5.26 Å². The highest BCUT2D eigenvalue weighted by atomic mass is 32.2. The summed E-state index contributed by atoms with van der Waals surface area (Å²) < 4.78 is 36.2. The number of pyridine rings is 1. The molecule has 0 aromatic carbocycles. The lowest BCUT2D eigenvalue weighted by Crippen LogP contribution is -2.38. The Morgan fingerprint density at radius 1 is 1.52 bits per heavy atom. The summed E-state index contributed by atoms with van der Waals surface area (Å²) in [6, 6.07) is 3.73. The molecule has 0 saturated carbocycles. The number of aryl methyl sites for hydroxylation is 2. The minimum Gasteiger partial charge on any atom is -0.346 e. The molecule has 1 amide bonds. The molecule has 8 heteroatoms. The molecule has 0 saturated heterocycles. The smallest absolute Gasteiger partial charge is 0.346 e. The van der Waals surface area contributed by atoms with Crippen molar-refractivity contribution in [2.24, 2.45) is 0 Å². The zero-order chi connectivity index (χ0) is 16.2.